The Morgan fingerprint density at radius 1 is 1.12 bits per heavy atom. The number of pyridine rings is 1. The first kappa shape index (κ1) is 23.0. The molecule has 0 aliphatic carbocycles. The first-order valence-corrected chi connectivity index (χ1v) is 9.47. The maximum Gasteiger partial charge on any atom is 0.433 e. The van der Waals surface area contributed by atoms with Crippen molar-refractivity contribution < 1.29 is 37.0 Å². The Hall–Kier alpha value is -3.63. The van der Waals surface area contributed by atoms with Gasteiger partial charge in [0.15, 0.2) is 11.5 Å². The highest BCUT2D eigenvalue weighted by molar-refractivity contribution is 5.94. The smallest absolute Gasteiger partial charge is 0.433 e. The molecular formula is C21H20F3N3O5. The fourth-order valence-electron chi connectivity index (χ4n) is 2.94. The summed E-state index contributed by atoms with van der Waals surface area (Å²) in [6.45, 7) is 6.50. The van der Waals surface area contributed by atoms with Crippen LogP contribution in [0.5, 0.6) is 0 Å². The number of carboxylic acid groups (broad SMARTS) is 1. The third-order valence-electron chi connectivity index (χ3n) is 4.24. The molecule has 170 valence electrons. The van der Waals surface area contributed by atoms with Crippen LogP contribution in [0.1, 0.15) is 55.7 Å². The van der Waals surface area contributed by atoms with Gasteiger partial charge in [0.25, 0.3) is 0 Å². The number of carbonyl (C=O) groups excluding carboxylic acids is 1. The van der Waals surface area contributed by atoms with Gasteiger partial charge in [0, 0.05) is 10.9 Å². The van der Waals surface area contributed by atoms with Crippen molar-refractivity contribution in [3.8, 4) is 11.5 Å². The summed E-state index contributed by atoms with van der Waals surface area (Å²) >= 11 is 0. The van der Waals surface area contributed by atoms with Crippen LogP contribution in [0.2, 0.25) is 0 Å². The molecule has 2 N–H and O–H groups in total. The molecule has 1 aromatic carbocycles. The number of aromatic carboxylic acids is 1. The highest BCUT2D eigenvalue weighted by Crippen LogP contribution is 2.34. The molecule has 0 saturated carbocycles. The van der Waals surface area contributed by atoms with Gasteiger partial charge in [0.1, 0.15) is 11.3 Å². The number of ether oxygens (including phenoxy) is 1. The van der Waals surface area contributed by atoms with E-state index in [1.165, 1.54) is 31.2 Å². The lowest BCUT2D eigenvalue weighted by Crippen LogP contribution is -2.34. The average molecular weight is 451 g/mol. The lowest BCUT2D eigenvalue weighted by atomic mass is 10.1. The van der Waals surface area contributed by atoms with Crippen LogP contribution in [0.3, 0.4) is 0 Å². The summed E-state index contributed by atoms with van der Waals surface area (Å²) in [4.78, 5) is 31.4. The highest BCUT2D eigenvalue weighted by atomic mass is 19.4. The molecule has 0 aliphatic rings. The maximum atomic E-state index is 13.0. The molecule has 8 nitrogen and oxygen atoms in total. The molecule has 11 heteroatoms. The van der Waals surface area contributed by atoms with E-state index in [1.54, 1.807) is 20.8 Å². The van der Waals surface area contributed by atoms with Crippen molar-refractivity contribution in [3.05, 3.63) is 47.5 Å². The zero-order valence-electron chi connectivity index (χ0n) is 17.6. The number of amides is 1. The lowest BCUT2D eigenvalue weighted by Gasteiger charge is -2.21. The minimum Gasteiger partial charge on any atom is -0.476 e. The number of alkyl carbamates (subject to hydrolysis) is 1. The molecular weight excluding hydrogens is 431 g/mol. The quantitative estimate of drug-likeness (QED) is 0.561. The van der Waals surface area contributed by atoms with E-state index in [4.69, 9.17) is 9.15 Å². The van der Waals surface area contributed by atoms with Crippen LogP contribution in [0.4, 0.5) is 18.0 Å². The molecule has 2 aromatic heterocycles. The number of hydrogen-bond donors (Lipinski definition) is 2. The molecule has 3 rings (SSSR count). The predicted octanol–water partition coefficient (Wildman–Crippen LogP) is 5.19. The number of nitrogens with one attached hydrogen (secondary N) is 1. The summed E-state index contributed by atoms with van der Waals surface area (Å²) in [7, 11) is 0. The van der Waals surface area contributed by atoms with Gasteiger partial charge in [-0.25, -0.2) is 19.6 Å². The van der Waals surface area contributed by atoms with Crippen LogP contribution in [0, 0.1) is 0 Å². The fraction of sp³-hybridized carbons (Fsp3) is 0.333. The molecule has 0 aliphatic heterocycles. The van der Waals surface area contributed by atoms with E-state index >= 15 is 0 Å². The Kier molecular flexibility index (Phi) is 5.86. The van der Waals surface area contributed by atoms with Crippen LogP contribution in [-0.2, 0) is 10.9 Å². The van der Waals surface area contributed by atoms with Crippen molar-refractivity contribution in [2.24, 2.45) is 0 Å². The minimum atomic E-state index is -4.61. The number of fused-ring (bicyclic) bond motifs is 1. The highest BCUT2D eigenvalue weighted by Gasteiger charge is 2.33. The van der Waals surface area contributed by atoms with Crippen molar-refractivity contribution in [1.82, 2.24) is 15.3 Å². The Balaban J connectivity index is 2.02. The van der Waals surface area contributed by atoms with Crippen molar-refractivity contribution in [1.29, 1.82) is 0 Å². The van der Waals surface area contributed by atoms with E-state index in [-0.39, 0.29) is 28.1 Å². The molecule has 1 atom stereocenters. The van der Waals surface area contributed by atoms with E-state index in [1.807, 2.05) is 0 Å². The molecule has 0 saturated heterocycles. The number of aromatic nitrogens is 2. The average Bonchev–Trinajstić information content (AvgIpc) is 3.10. The SMILES string of the molecule is C[C@H](NC(=O)OC(C)(C)C)c1oc(-c2cccc3nc(C(F)(F)F)ccc23)nc1C(=O)O. The molecule has 0 spiro atoms. The van der Waals surface area contributed by atoms with Gasteiger partial charge in [-0.1, -0.05) is 6.07 Å². The number of oxazole rings is 1. The molecule has 0 unspecified atom stereocenters. The molecule has 2 heterocycles. The summed E-state index contributed by atoms with van der Waals surface area (Å²) in [5, 5.41) is 12.3. The Bertz CT molecular complexity index is 1180. The van der Waals surface area contributed by atoms with Gasteiger partial charge in [-0.05, 0) is 52.0 Å². The summed E-state index contributed by atoms with van der Waals surface area (Å²) in [6.07, 6.45) is -5.40. The minimum absolute atomic E-state index is 0.0360. The zero-order chi connectivity index (χ0) is 23.8. The second-order valence-corrected chi connectivity index (χ2v) is 7.97. The number of hydrogen-bond acceptors (Lipinski definition) is 6. The summed E-state index contributed by atoms with van der Waals surface area (Å²) in [6, 6.07) is 5.49. The van der Waals surface area contributed by atoms with Crippen molar-refractivity contribution in [2.45, 2.75) is 45.5 Å². The summed E-state index contributed by atoms with van der Waals surface area (Å²) in [5.74, 6) is -1.68. The Morgan fingerprint density at radius 2 is 1.81 bits per heavy atom. The second-order valence-electron chi connectivity index (χ2n) is 7.97. The number of halogens is 3. The van der Waals surface area contributed by atoms with Gasteiger partial charge >= 0.3 is 18.2 Å². The maximum absolute atomic E-state index is 13.0. The first-order chi connectivity index (χ1) is 14.8. The van der Waals surface area contributed by atoms with Gasteiger partial charge in [-0.15, -0.1) is 0 Å². The number of carbonyl (C=O) groups is 2. The van der Waals surface area contributed by atoms with Crippen LogP contribution < -0.4 is 5.32 Å². The molecule has 1 amide bonds. The first-order valence-electron chi connectivity index (χ1n) is 9.47. The Morgan fingerprint density at radius 3 is 2.41 bits per heavy atom. The van der Waals surface area contributed by atoms with E-state index < -0.39 is 41.3 Å². The largest absolute Gasteiger partial charge is 0.476 e. The fourth-order valence-corrected chi connectivity index (χ4v) is 2.94. The third kappa shape index (κ3) is 4.98. The normalized spacial score (nSPS) is 13.1. The summed E-state index contributed by atoms with van der Waals surface area (Å²) in [5.41, 5.74) is -1.98. The Labute approximate surface area is 180 Å². The monoisotopic (exact) mass is 451 g/mol. The topological polar surface area (TPSA) is 115 Å². The predicted molar refractivity (Wildman–Crippen MR) is 107 cm³/mol. The van der Waals surface area contributed by atoms with Crippen LogP contribution in [0.15, 0.2) is 34.7 Å². The molecule has 3 aromatic rings. The number of nitrogens with zero attached hydrogens (tertiary/aromatic N) is 2. The number of rotatable bonds is 4. The van der Waals surface area contributed by atoms with E-state index in [0.29, 0.717) is 0 Å². The molecule has 0 radical (unpaired) electrons. The summed E-state index contributed by atoms with van der Waals surface area (Å²) < 4.78 is 49.7. The van der Waals surface area contributed by atoms with Gasteiger partial charge in [0.2, 0.25) is 5.89 Å². The van der Waals surface area contributed by atoms with Gasteiger partial charge in [-0.2, -0.15) is 13.2 Å². The van der Waals surface area contributed by atoms with Crippen LogP contribution in [-0.4, -0.2) is 32.7 Å². The standard InChI is InChI=1S/C21H20F3N3O5/c1-10(25-19(30)32-20(2,3)4)16-15(18(28)29)27-17(31-16)12-6-5-7-13-11(12)8-9-14(26-13)21(22,23)24/h5-10H,1-4H3,(H,25,30)(H,28,29)/t10-/m0/s1. The van der Waals surface area contributed by atoms with Gasteiger partial charge in [-0.3, -0.25) is 0 Å². The van der Waals surface area contributed by atoms with Gasteiger partial charge in [0.05, 0.1) is 11.6 Å². The van der Waals surface area contributed by atoms with Crippen molar-refractivity contribution in [2.75, 3.05) is 0 Å². The van der Waals surface area contributed by atoms with Crippen molar-refractivity contribution in [3.63, 3.8) is 0 Å². The lowest BCUT2D eigenvalue weighted by molar-refractivity contribution is -0.140. The van der Waals surface area contributed by atoms with E-state index in [2.05, 4.69) is 15.3 Å². The molecule has 0 fully saturated rings. The molecule has 0 bridgehead atoms. The third-order valence-corrected chi connectivity index (χ3v) is 4.24. The number of alkyl halides is 3. The number of benzene rings is 1. The van der Waals surface area contributed by atoms with E-state index in [9.17, 15) is 27.9 Å². The second kappa shape index (κ2) is 8.13. The van der Waals surface area contributed by atoms with E-state index in [0.717, 1.165) is 6.07 Å². The molecule has 32 heavy (non-hydrogen) atoms. The zero-order valence-corrected chi connectivity index (χ0v) is 17.6. The van der Waals surface area contributed by atoms with Crippen molar-refractivity contribution >= 4 is 23.0 Å². The van der Waals surface area contributed by atoms with Gasteiger partial charge < -0.3 is 19.6 Å². The number of carboxylic acids is 1. The van der Waals surface area contributed by atoms with Crippen LogP contribution >= 0.6 is 0 Å². The van der Waals surface area contributed by atoms with Crippen LogP contribution in [0.25, 0.3) is 22.4 Å².